The van der Waals surface area contributed by atoms with Gasteiger partial charge in [-0.15, -0.1) is 10.2 Å². The molecule has 5 rings (SSSR count). The van der Waals surface area contributed by atoms with Crippen molar-refractivity contribution in [2.75, 3.05) is 5.32 Å². The van der Waals surface area contributed by atoms with Crippen LogP contribution in [-0.4, -0.2) is 32.1 Å². The molecule has 0 saturated carbocycles. The number of hydrazone groups is 1. The first-order chi connectivity index (χ1) is 21.4. The Morgan fingerprint density at radius 1 is 1.05 bits per heavy atom. The lowest BCUT2D eigenvalue weighted by Crippen LogP contribution is -2.27. The molecule has 0 spiro atoms. The van der Waals surface area contributed by atoms with E-state index in [-0.39, 0.29) is 5.91 Å². The standard InChI is InChI=1S/C33H30BrClN6O2S/c1-22-17-27(35)15-16-29(22)36-20-31-38-40-33(41(31)28-12-4-3-5-13-28)44-23(2)32(42)39-37-19-25-10-6-7-14-30(25)43-21-24-9-8-11-26(34)18-24/h3-19,23,36H,20-21H2,1-2H3,(H,39,42)/b37-19-/t23-/m0/s1. The number of amides is 1. The second-order valence-electron chi connectivity index (χ2n) is 9.83. The number of hydrogen-bond acceptors (Lipinski definition) is 7. The van der Waals surface area contributed by atoms with Crippen LogP contribution in [0.25, 0.3) is 5.69 Å². The van der Waals surface area contributed by atoms with Crippen LogP contribution in [0, 0.1) is 6.92 Å². The number of halogens is 2. The van der Waals surface area contributed by atoms with E-state index in [1.54, 1.807) is 6.21 Å². The maximum Gasteiger partial charge on any atom is 0.253 e. The number of benzene rings is 4. The average Bonchev–Trinajstić information content (AvgIpc) is 3.42. The van der Waals surface area contributed by atoms with Crippen LogP contribution < -0.4 is 15.5 Å². The molecule has 0 aliphatic heterocycles. The van der Waals surface area contributed by atoms with Crippen LogP contribution in [0.3, 0.4) is 0 Å². The summed E-state index contributed by atoms with van der Waals surface area (Å²) in [5.74, 6) is 1.11. The molecule has 0 fully saturated rings. The quantitative estimate of drug-likeness (QED) is 0.0789. The maximum atomic E-state index is 13.0. The third-order valence-corrected chi connectivity index (χ3v) is 8.34. The summed E-state index contributed by atoms with van der Waals surface area (Å²) in [4.78, 5) is 13.0. The summed E-state index contributed by atoms with van der Waals surface area (Å²) in [5, 5.41) is 17.3. The van der Waals surface area contributed by atoms with Crippen molar-refractivity contribution in [1.29, 1.82) is 0 Å². The Balaban J connectivity index is 1.24. The number of aryl methyl sites for hydroxylation is 1. The van der Waals surface area contributed by atoms with Crippen LogP contribution >= 0.6 is 39.3 Å². The molecule has 1 aromatic heterocycles. The molecule has 0 unspecified atom stereocenters. The maximum absolute atomic E-state index is 13.0. The summed E-state index contributed by atoms with van der Waals surface area (Å²) in [5.41, 5.74) is 7.32. The van der Waals surface area contributed by atoms with Gasteiger partial charge in [-0.25, -0.2) is 5.43 Å². The smallest absolute Gasteiger partial charge is 0.253 e. The van der Waals surface area contributed by atoms with Crippen LogP contribution in [0.2, 0.25) is 5.02 Å². The van der Waals surface area contributed by atoms with Gasteiger partial charge < -0.3 is 10.1 Å². The zero-order chi connectivity index (χ0) is 30.9. The van der Waals surface area contributed by atoms with Crippen molar-refractivity contribution in [3.8, 4) is 11.4 Å². The van der Waals surface area contributed by atoms with Crippen LogP contribution in [0.4, 0.5) is 5.69 Å². The number of aromatic nitrogens is 3. The van der Waals surface area contributed by atoms with E-state index < -0.39 is 5.25 Å². The van der Waals surface area contributed by atoms with Gasteiger partial charge in [0.1, 0.15) is 12.4 Å². The van der Waals surface area contributed by atoms with Crippen LogP contribution in [0.1, 0.15) is 29.4 Å². The van der Waals surface area contributed by atoms with Crippen molar-refractivity contribution in [2.45, 2.75) is 37.4 Å². The third kappa shape index (κ3) is 8.28. The fourth-order valence-electron chi connectivity index (χ4n) is 4.30. The molecular weight excluding hydrogens is 660 g/mol. The Labute approximate surface area is 274 Å². The summed E-state index contributed by atoms with van der Waals surface area (Å²) in [6, 6.07) is 31.0. The average molecular weight is 690 g/mol. The number of carbonyl (C=O) groups is 1. The molecule has 0 saturated heterocycles. The number of anilines is 1. The highest BCUT2D eigenvalue weighted by Crippen LogP contribution is 2.27. The number of nitrogens with one attached hydrogen (secondary N) is 2. The minimum Gasteiger partial charge on any atom is -0.488 e. The number of para-hydroxylation sites is 2. The van der Waals surface area contributed by atoms with E-state index in [9.17, 15) is 4.79 Å². The van der Waals surface area contributed by atoms with Gasteiger partial charge in [0.05, 0.1) is 18.0 Å². The lowest BCUT2D eigenvalue weighted by molar-refractivity contribution is -0.120. The van der Waals surface area contributed by atoms with E-state index in [1.807, 2.05) is 115 Å². The first-order valence-electron chi connectivity index (χ1n) is 13.8. The molecule has 0 aliphatic carbocycles. The van der Waals surface area contributed by atoms with Gasteiger partial charge in [-0.3, -0.25) is 9.36 Å². The first kappa shape index (κ1) is 31.3. The molecule has 11 heteroatoms. The first-order valence-corrected chi connectivity index (χ1v) is 15.9. The molecule has 1 amide bonds. The van der Waals surface area contributed by atoms with Gasteiger partial charge in [0.25, 0.3) is 5.91 Å². The highest BCUT2D eigenvalue weighted by molar-refractivity contribution is 9.10. The molecule has 44 heavy (non-hydrogen) atoms. The molecule has 0 bridgehead atoms. The van der Waals surface area contributed by atoms with E-state index in [1.165, 1.54) is 11.8 Å². The Hall–Kier alpha value is -4.12. The fourth-order valence-corrected chi connectivity index (χ4v) is 5.86. The Morgan fingerprint density at radius 2 is 1.84 bits per heavy atom. The lowest BCUT2D eigenvalue weighted by atomic mass is 10.2. The number of nitrogens with zero attached hydrogens (tertiary/aromatic N) is 4. The molecular formula is C33H30BrClN6O2S. The van der Waals surface area contributed by atoms with Crippen molar-refractivity contribution < 1.29 is 9.53 Å². The minimum atomic E-state index is -0.499. The molecule has 4 aromatic carbocycles. The van der Waals surface area contributed by atoms with Crippen molar-refractivity contribution >= 4 is 57.1 Å². The predicted molar refractivity (Wildman–Crippen MR) is 181 cm³/mol. The minimum absolute atomic E-state index is 0.266. The Kier molecular flexibility index (Phi) is 10.7. The summed E-state index contributed by atoms with van der Waals surface area (Å²) < 4.78 is 8.97. The van der Waals surface area contributed by atoms with Gasteiger partial charge in [0.15, 0.2) is 11.0 Å². The van der Waals surface area contributed by atoms with E-state index in [0.717, 1.165) is 32.5 Å². The highest BCUT2D eigenvalue weighted by Gasteiger charge is 2.21. The molecule has 2 N–H and O–H groups in total. The highest BCUT2D eigenvalue weighted by atomic mass is 79.9. The molecule has 0 radical (unpaired) electrons. The van der Waals surface area contributed by atoms with Crippen molar-refractivity contribution in [1.82, 2.24) is 20.2 Å². The molecule has 1 heterocycles. The van der Waals surface area contributed by atoms with Gasteiger partial charge in [-0.2, -0.15) is 5.10 Å². The Morgan fingerprint density at radius 3 is 2.64 bits per heavy atom. The summed E-state index contributed by atoms with van der Waals surface area (Å²) >= 11 is 10.9. The number of ether oxygens (including phenoxy) is 1. The van der Waals surface area contributed by atoms with Crippen LogP contribution in [-0.2, 0) is 17.9 Å². The normalized spacial score (nSPS) is 11.8. The number of thioether (sulfide) groups is 1. The monoisotopic (exact) mass is 688 g/mol. The predicted octanol–water partition coefficient (Wildman–Crippen LogP) is 7.81. The molecule has 224 valence electrons. The molecule has 0 aliphatic rings. The SMILES string of the molecule is Cc1cc(Cl)ccc1NCc1nnc(S[C@@H](C)C(=O)N/N=C\c2ccccc2OCc2cccc(Br)c2)n1-c1ccccc1. The van der Waals surface area contributed by atoms with Crippen LogP contribution in [0.15, 0.2) is 112 Å². The van der Waals surface area contributed by atoms with Crippen molar-refractivity contribution in [3.05, 3.63) is 129 Å². The van der Waals surface area contributed by atoms with Gasteiger partial charge >= 0.3 is 0 Å². The van der Waals surface area contributed by atoms with Crippen molar-refractivity contribution in [2.24, 2.45) is 5.10 Å². The zero-order valence-electron chi connectivity index (χ0n) is 24.1. The van der Waals surface area contributed by atoms with E-state index in [2.05, 4.69) is 42.0 Å². The van der Waals surface area contributed by atoms with Crippen molar-refractivity contribution in [3.63, 3.8) is 0 Å². The fraction of sp³-hybridized carbons (Fsp3) is 0.152. The third-order valence-electron chi connectivity index (χ3n) is 6.57. The largest absolute Gasteiger partial charge is 0.488 e. The molecule has 1 atom stereocenters. The summed E-state index contributed by atoms with van der Waals surface area (Å²) in [6.07, 6.45) is 1.58. The number of rotatable bonds is 12. The number of hydrogen-bond donors (Lipinski definition) is 2. The van der Waals surface area contributed by atoms with Gasteiger partial charge in [0, 0.05) is 26.4 Å². The van der Waals surface area contributed by atoms with Crippen LogP contribution in [0.5, 0.6) is 5.75 Å². The van der Waals surface area contributed by atoms with Gasteiger partial charge in [-0.1, -0.05) is 81.8 Å². The molecule has 5 aromatic rings. The van der Waals surface area contributed by atoms with Gasteiger partial charge in [0.2, 0.25) is 0 Å². The lowest BCUT2D eigenvalue weighted by Gasteiger charge is -2.14. The summed E-state index contributed by atoms with van der Waals surface area (Å²) in [7, 11) is 0. The Bertz CT molecular complexity index is 1760. The number of carbonyl (C=O) groups excluding carboxylic acids is 1. The summed E-state index contributed by atoms with van der Waals surface area (Å²) in [6.45, 7) is 4.64. The van der Waals surface area contributed by atoms with E-state index in [4.69, 9.17) is 16.3 Å². The van der Waals surface area contributed by atoms with E-state index in [0.29, 0.717) is 34.9 Å². The van der Waals surface area contributed by atoms with Gasteiger partial charge in [-0.05, 0) is 79.6 Å². The second kappa shape index (κ2) is 15.1. The topological polar surface area (TPSA) is 93.4 Å². The zero-order valence-corrected chi connectivity index (χ0v) is 27.2. The molecule has 8 nitrogen and oxygen atoms in total. The van der Waals surface area contributed by atoms with E-state index >= 15 is 0 Å². The second-order valence-corrected chi connectivity index (χ2v) is 12.5.